The molecule has 0 spiro atoms. The maximum Gasteiger partial charge on any atom is 0.292 e. The van der Waals surface area contributed by atoms with Crippen LogP contribution in [0.15, 0.2) is 18.2 Å². The smallest absolute Gasteiger partial charge is 0.292 e. The normalized spacial score (nSPS) is 30.0. The lowest BCUT2D eigenvalue weighted by atomic mass is 10.0. The molecular weight excluding hydrogens is 268 g/mol. The van der Waals surface area contributed by atoms with Crippen LogP contribution < -0.4 is 5.32 Å². The molecule has 1 saturated heterocycles. The van der Waals surface area contributed by atoms with Gasteiger partial charge in [0.2, 0.25) is 0 Å². The van der Waals surface area contributed by atoms with Crippen molar-refractivity contribution in [3.8, 4) is 0 Å². The van der Waals surface area contributed by atoms with E-state index in [9.17, 15) is 25.4 Å². The van der Waals surface area contributed by atoms with Gasteiger partial charge in [-0.1, -0.05) is 6.07 Å². The van der Waals surface area contributed by atoms with Gasteiger partial charge >= 0.3 is 0 Å². The van der Waals surface area contributed by atoms with Crippen LogP contribution >= 0.6 is 0 Å². The number of nitro groups is 1. The summed E-state index contributed by atoms with van der Waals surface area (Å²) in [7, 11) is 0. The Morgan fingerprint density at radius 1 is 1.35 bits per heavy atom. The Balaban J connectivity index is 2.20. The number of rotatable bonds is 3. The molecule has 1 aliphatic heterocycles. The zero-order valence-electron chi connectivity index (χ0n) is 10.8. The lowest BCUT2D eigenvalue weighted by molar-refractivity contribution is -0.384. The molecule has 110 valence electrons. The van der Waals surface area contributed by atoms with Crippen molar-refractivity contribution in [1.29, 1.82) is 0 Å². The Bertz CT molecular complexity index is 509. The van der Waals surface area contributed by atoms with Crippen molar-refractivity contribution in [3.05, 3.63) is 33.9 Å². The van der Waals surface area contributed by atoms with Gasteiger partial charge in [-0.15, -0.1) is 0 Å². The molecule has 1 heterocycles. The molecule has 1 aliphatic rings. The predicted octanol–water partition coefficient (Wildman–Crippen LogP) is -0.246. The van der Waals surface area contributed by atoms with Crippen molar-refractivity contribution < 1.29 is 25.0 Å². The quantitative estimate of drug-likeness (QED) is 0.445. The molecule has 0 unspecified atom stereocenters. The summed E-state index contributed by atoms with van der Waals surface area (Å²) in [6.07, 6.45) is -4.98. The number of benzene rings is 1. The number of aliphatic hydroxyl groups is 3. The molecule has 0 aromatic heterocycles. The second-order valence-electron chi connectivity index (χ2n) is 4.72. The largest absolute Gasteiger partial charge is 0.388 e. The van der Waals surface area contributed by atoms with E-state index in [0.717, 1.165) is 5.56 Å². The second-order valence-corrected chi connectivity index (χ2v) is 4.72. The van der Waals surface area contributed by atoms with Crippen molar-refractivity contribution in [2.24, 2.45) is 0 Å². The average molecular weight is 284 g/mol. The molecule has 8 heteroatoms. The Morgan fingerprint density at radius 2 is 2.05 bits per heavy atom. The Labute approximate surface area is 114 Å². The first-order valence-corrected chi connectivity index (χ1v) is 6.07. The fourth-order valence-electron chi connectivity index (χ4n) is 2.00. The van der Waals surface area contributed by atoms with Gasteiger partial charge in [0.15, 0.2) is 6.23 Å². The molecule has 20 heavy (non-hydrogen) atoms. The Morgan fingerprint density at radius 3 is 2.70 bits per heavy atom. The number of hydrogen-bond acceptors (Lipinski definition) is 7. The van der Waals surface area contributed by atoms with Crippen LogP contribution in [0.5, 0.6) is 0 Å². The van der Waals surface area contributed by atoms with Crippen LogP contribution in [0, 0.1) is 17.0 Å². The fraction of sp³-hybridized carbons (Fsp3) is 0.500. The van der Waals surface area contributed by atoms with Crippen molar-refractivity contribution in [1.82, 2.24) is 0 Å². The predicted molar refractivity (Wildman–Crippen MR) is 69.2 cm³/mol. The van der Waals surface area contributed by atoms with E-state index in [0.29, 0.717) is 0 Å². The first-order chi connectivity index (χ1) is 9.40. The van der Waals surface area contributed by atoms with Gasteiger partial charge in [-0.25, -0.2) is 0 Å². The van der Waals surface area contributed by atoms with Crippen LogP contribution in [0.25, 0.3) is 0 Å². The van der Waals surface area contributed by atoms with Gasteiger partial charge in [0, 0.05) is 6.07 Å². The summed E-state index contributed by atoms with van der Waals surface area (Å²) in [5.41, 5.74) is 0.748. The first kappa shape index (κ1) is 14.7. The molecule has 1 aromatic carbocycles. The molecule has 0 radical (unpaired) electrons. The molecule has 0 aliphatic carbocycles. The second kappa shape index (κ2) is 5.71. The Hall–Kier alpha value is -1.74. The highest BCUT2D eigenvalue weighted by atomic mass is 16.6. The van der Waals surface area contributed by atoms with E-state index in [1.165, 1.54) is 12.1 Å². The number of anilines is 1. The van der Waals surface area contributed by atoms with Crippen LogP contribution in [0.3, 0.4) is 0 Å². The van der Waals surface area contributed by atoms with Crippen LogP contribution in [-0.4, -0.2) is 51.4 Å². The molecular formula is C12H16N2O6. The van der Waals surface area contributed by atoms with Crippen LogP contribution in [-0.2, 0) is 4.74 Å². The molecule has 4 N–H and O–H groups in total. The molecule has 1 aromatic rings. The Kier molecular flexibility index (Phi) is 4.19. The molecule has 2 rings (SSSR count). The highest BCUT2D eigenvalue weighted by molar-refractivity contribution is 5.62. The highest BCUT2D eigenvalue weighted by Crippen LogP contribution is 2.28. The third-order valence-corrected chi connectivity index (χ3v) is 3.15. The summed E-state index contributed by atoms with van der Waals surface area (Å²) < 4.78 is 5.15. The number of nitro benzene ring substituents is 1. The SMILES string of the molecule is Cc1ccc(N[C@H]2OC[C@H](O)[C@@H](O)[C@@H]2O)c([N+](=O)[O-])c1. The van der Waals surface area contributed by atoms with Crippen molar-refractivity contribution in [2.75, 3.05) is 11.9 Å². The third kappa shape index (κ3) is 2.88. The molecule has 4 atom stereocenters. The van der Waals surface area contributed by atoms with Crippen LogP contribution in [0.2, 0.25) is 0 Å². The van der Waals surface area contributed by atoms with Crippen molar-refractivity contribution in [2.45, 2.75) is 31.5 Å². The molecule has 8 nitrogen and oxygen atoms in total. The summed E-state index contributed by atoms with van der Waals surface area (Å²) in [4.78, 5) is 10.4. The molecule has 0 amide bonds. The van der Waals surface area contributed by atoms with Crippen LogP contribution in [0.1, 0.15) is 5.56 Å². The zero-order chi connectivity index (χ0) is 14.9. The maximum atomic E-state index is 11.0. The zero-order valence-corrected chi connectivity index (χ0v) is 10.8. The van der Waals surface area contributed by atoms with Gasteiger partial charge in [0.05, 0.1) is 11.5 Å². The first-order valence-electron chi connectivity index (χ1n) is 6.07. The fourth-order valence-corrected chi connectivity index (χ4v) is 2.00. The lowest BCUT2D eigenvalue weighted by Gasteiger charge is -2.35. The summed E-state index contributed by atoms with van der Waals surface area (Å²) >= 11 is 0. The number of aryl methyl sites for hydroxylation is 1. The minimum absolute atomic E-state index is 0.151. The number of nitrogens with zero attached hydrogens (tertiary/aromatic N) is 1. The van der Waals surface area contributed by atoms with E-state index in [2.05, 4.69) is 5.32 Å². The number of aliphatic hydroxyl groups excluding tert-OH is 3. The molecule has 0 saturated carbocycles. The van der Waals surface area contributed by atoms with Gasteiger partial charge < -0.3 is 25.4 Å². The third-order valence-electron chi connectivity index (χ3n) is 3.15. The van der Waals surface area contributed by atoms with Gasteiger partial charge in [-0.2, -0.15) is 0 Å². The van der Waals surface area contributed by atoms with E-state index in [4.69, 9.17) is 4.74 Å². The monoisotopic (exact) mass is 284 g/mol. The minimum Gasteiger partial charge on any atom is -0.388 e. The number of hydrogen-bond donors (Lipinski definition) is 4. The summed E-state index contributed by atoms with van der Waals surface area (Å²) in [5.74, 6) is 0. The topological polar surface area (TPSA) is 125 Å². The van der Waals surface area contributed by atoms with E-state index >= 15 is 0 Å². The summed E-state index contributed by atoms with van der Waals surface area (Å²) in [5, 5.41) is 42.3. The average Bonchev–Trinajstić information content (AvgIpc) is 2.41. The number of nitrogens with one attached hydrogen (secondary N) is 1. The van der Waals surface area contributed by atoms with Crippen molar-refractivity contribution in [3.63, 3.8) is 0 Å². The van der Waals surface area contributed by atoms with E-state index in [-0.39, 0.29) is 18.0 Å². The van der Waals surface area contributed by atoms with Gasteiger partial charge in [0.1, 0.15) is 24.0 Å². The van der Waals surface area contributed by atoms with Gasteiger partial charge in [0.25, 0.3) is 5.69 Å². The van der Waals surface area contributed by atoms with Crippen LogP contribution in [0.4, 0.5) is 11.4 Å². The highest BCUT2D eigenvalue weighted by Gasteiger charge is 2.38. The summed E-state index contributed by atoms with van der Waals surface area (Å²) in [6.45, 7) is 1.55. The minimum atomic E-state index is -1.39. The molecule has 0 bridgehead atoms. The van der Waals surface area contributed by atoms with E-state index in [1.807, 2.05) is 0 Å². The van der Waals surface area contributed by atoms with E-state index < -0.39 is 29.5 Å². The number of ether oxygens (including phenoxy) is 1. The van der Waals surface area contributed by atoms with Gasteiger partial charge in [-0.05, 0) is 18.6 Å². The standard InChI is InChI=1S/C12H16N2O6/c1-6-2-3-7(8(4-6)14(18)19)13-12-11(17)10(16)9(15)5-20-12/h2-4,9-13,15-17H,5H2,1H3/t9-,10+,11-,12-/m0/s1. The van der Waals surface area contributed by atoms with Gasteiger partial charge in [-0.3, -0.25) is 10.1 Å². The van der Waals surface area contributed by atoms with Crippen molar-refractivity contribution >= 4 is 11.4 Å². The summed E-state index contributed by atoms with van der Waals surface area (Å²) in [6, 6.07) is 4.57. The maximum absolute atomic E-state index is 11.0. The molecule has 1 fully saturated rings. The lowest BCUT2D eigenvalue weighted by Crippen LogP contribution is -2.55. The van der Waals surface area contributed by atoms with E-state index in [1.54, 1.807) is 13.0 Å².